The molecule has 1 amide bonds. The van der Waals surface area contributed by atoms with E-state index in [0.29, 0.717) is 5.56 Å². The molecule has 0 heterocycles. The van der Waals surface area contributed by atoms with Crippen molar-refractivity contribution in [2.24, 2.45) is 0 Å². The maximum atomic E-state index is 13.3. The van der Waals surface area contributed by atoms with E-state index in [4.69, 9.17) is 4.55 Å². The highest BCUT2D eigenvalue weighted by molar-refractivity contribution is 14.1. The van der Waals surface area contributed by atoms with E-state index < -0.39 is 33.9 Å². The fraction of sp³-hybridized carbons (Fsp3) is 0.417. The van der Waals surface area contributed by atoms with Crippen LogP contribution in [0.3, 0.4) is 0 Å². The molecule has 1 atom stereocenters. The number of amides is 1. The Morgan fingerprint density at radius 2 is 1.88 bits per heavy atom. The maximum absolute atomic E-state index is 13.3. The molecule has 1 unspecified atom stereocenters. The highest BCUT2D eigenvalue weighted by Crippen LogP contribution is 2.30. The van der Waals surface area contributed by atoms with Gasteiger partial charge in [0.2, 0.25) is 0 Å². The average molecular weight is 703 g/mol. The number of carbonyl (C=O) groups is 1. The van der Waals surface area contributed by atoms with Crippen molar-refractivity contribution in [3.05, 3.63) is 28.4 Å². The summed E-state index contributed by atoms with van der Waals surface area (Å²) in [5.41, 5.74) is 0.409. The summed E-state index contributed by atoms with van der Waals surface area (Å²) in [5.74, 6) is -0.437. The molecule has 5 nitrogen and oxygen atoms in total. The number of benzene rings is 1. The molecule has 24 heavy (non-hydrogen) atoms. The Labute approximate surface area is 177 Å². The molecular weight excluding hydrogens is 692 g/mol. The van der Waals surface area contributed by atoms with Crippen LogP contribution in [0.25, 0.3) is 0 Å². The van der Waals surface area contributed by atoms with Crippen molar-refractivity contribution < 1.29 is 30.9 Å². The lowest BCUT2D eigenvalue weighted by Crippen LogP contribution is -2.39. The molecule has 0 aliphatic carbocycles. The third kappa shape index (κ3) is 5.80. The van der Waals surface area contributed by atoms with Gasteiger partial charge in [0.25, 0.3) is 5.91 Å². The van der Waals surface area contributed by atoms with Crippen LogP contribution in [-0.4, -0.2) is 36.8 Å². The van der Waals surface area contributed by atoms with Gasteiger partial charge in [-0.1, -0.05) is 0 Å². The number of alkyl halides is 3. The van der Waals surface area contributed by atoms with Gasteiger partial charge in [-0.25, -0.2) is 4.39 Å². The number of rotatable bonds is 7. The van der Waals surface area contributed by atoms with Crippen LogP contribution in [0.15, 0.2) is 12.1 Å². The molecule has 0 aliphatic heterocycles. The van der Waals surface area contributed by atoms with Gasteiger partial charge in [0.05, 0.1) is 5.56 Å². The summed E-state index contributed by atoms with van der Waals surface area (Å²) >= 11 is 6.12. The fourth-order valence-corrected chi connectivity index (χ4v) is 4.47. The van der Waals surface area contributed by atoms with Crippen LogP contribution in [-0.2, 0) is 10.1 Å². The SMILES string of the molecule is O=C(NCCCC(F)C(F)(F)S(=O)(=O)O)c1cc(I)cc(I)c1I. The van der Waals surface area contributed by atoms with Crippen LogP contribution in [0, 0.1) is 10.7 Å². The van der Waals surface area contributed by atoms with Crippen molar-refractivity contribution in [3.63, 3.8) is 0 Å². The van der Waals surface area contributed by atoms with Crippen molar-refractivity contribution in [2.75, 3.05) is 6.54 Å². The van der Waals surface area contributed by atoms with Crippen molar-refractivity contribution in [2.45, 2.75) is 24.3 Å². The summed E-state index contributed by atoms with van der Waals surface area (Å²) < 4.78 is 70.9. The maximum Gasteiger partial charge on any atom is 0.400 e. The van der Waals surface area contributed by atoms with E-state index in [0.717, 1.165) is 10.7 Å². The lowest BCUT2D eigenvalue weighted by atomic mass is 10.2. The third-order valence-corrected chi connectivity index (χ3v) is 7.48. The molecule has 0 spiro atoms. The molecule has 0 saturated carbocycles. The highest BCUT2D eigenvalue weighted by Gasteiger charge is 2.52. The van der Waals surface area contributed by atoms with Crippen LogP contribution in [0.5, 0.6) is 0 Å². The van der Waals surface area contributed by atoms with Gasteiger partial charge in [0.15, 0.2) is 6.17 Å². The molecule has 2 N–H and O–H groups in total. The minimum atomic E-state index is -5.81. The molecule has 0 bridgehead atoms. The lowest BCUT2D eigenvalue weighted by Gasteiger charge is -2.17. The highest BCUT2D eigenvalue weighted by atomic mass is 127. The standard InChI is InChI=1S/C12H11F3I3NO4S/c13-9(12(14,15)24(21,22)23)2-1-3-19-11(20)7-4-6(16)5-8(17)10(7)18/h4-5,9H,1-3H2,(H,19,20)(H,21,22,23). The van der Waals surface area contributed by atoms with Crippen molar-refractivity contribution in [1.82, 2.24) is 5.32 Å². The van der Waals surface area contributed by atoms with Crippen molar-refractivity contribution in [3.8, 4) is 0 Å². The van der Waals surface area contributed by atoms with Crippen LogP contribution >= 0.6 is 67.8 Å². The molecule has 0 radical (unpaired) electrons. The number of halogens is 6. The van der Waals surface area contributed by atoms with Gasteiger partial charge in [-0.3, -0.25) is 9.35 Å². The number of carbonyl (C=O) groups excluding carboxylic acids is 1. The Kier molecular flexibility index (Phi) is 8.47. The normalized spacial score (nSPS) is 13.6. The smallest absolute Gasteiger partial charge is 0.352 e. The van der Waals surface area contributed by atoms with Gasteiger partial charge in [-0.05, 0) is 92.7 Å². The summed E-state index contributed by atoms with van der Waals surface area (Å²) in [6.07, 6.45) is -4.09. The first-order valence-corrected chi connectivity index (χ1v) is 11.0. The first kappa shape index (κ1) is 22.6. The minimum absolute atomic E-state index is 0.112. The van der Waals surface area contributed by atoms with Crippen molar-refractivity contribution in [1.29, 1.82) is 0 Å². The topological polar surface area (TPSA) is 83.5 Å². The van der Waals surface area contributed by atoms with Crippen LogP contribution in [0.1, 0.15) is 23.2 Å². The molecule has 0 aliphatic rings. The quantitative estimate of drug-likeness (QED) is 0.196. The first-order valence-electron chi connectivity index (χ1n) is 6.29. The predicted octanol–water partition coefficient (Wildman–Crippen LogP) is 3.83. The summed E-state index contributed by atoms with van der Waals surface area (Å²) in [4.78, 5) is 12.1. The van der Waals surface area contributed by atoms with Gasteiger partial charge in [-0.2, -0.15) is 17.2 Å². The van der Waals surface area contributed by atoms with E-state index in [2.05, 4.69) is 27.9 Å². The third-order valence-electron chi connectivity index (χ3n) is 2.87. The molecule has 0 fully saturated rings. The molecular formula is C12H11F3I3NO4S. The van der Waals surface area contributed by atoms with Crippen molar-refractivity contribution >= 4 is 83.8 Å². The van der Waals surface area contributed by atoms with E-state index >= 15 is 0 Å². The summed E-state index contributed by atoms with van der Waals surface area (Å²) in [6, 6.07) is 3.54. The average Bonchev–Trinajstić information content (AvgIpc) is 2.45. The van der Waals surface area contributed by atoms with E-state index in [1.807, 2.05) is 51.2 Å². The predicted molar refractivity (Wildman–Crippen MR) is 108 cm³/mol. The molecule has 0 aromatic heterocycles. The number of hydrogen-bond donors (Lipinski definition) is 2. The van der Waals surface area contributed by atoms with Gasteiger partial charge in [-0.15, -0.1) is 0 Å². The Bertz CT molecular complexity index is 731. The van der Waals surface area contributed by atoms with Crippen LogP contribution < -0.4 is 5.32 Å². The zero-order chi connectivity index (χ0) is 18.7. The summed E-state index contributed by atoms with van der Waals surface area (Å²) in [6.45, 7) is -0.112. The summed E-state index contributed by atoms with van der Waals surface area (Å²) in [7, 11) is -5.81. The van der Waals surface area contributed by atoms with Crippen LogP contribution in [0.2, 0.25) is 0 Å². The fourth-order valence-electron chi connectivity index (χ4n) is 1.63. The Morgan fingerprint density at radius 1 is 1.29 bits per heavy atom. The molecule has 1 rings (SSSR count). The van der Waals surface area contributed by atoms with Gasteiger partial charge >= 0.3 is 15.4 Å². The van der Waals surface area contributed by atoms with E-state index in [-0.39, 0.29) is 13.0 Å². The Balaban J connectivity index is 2.59. The van der Waals surface area contributed by atoms with Gasteiger partial charge in [0.1, 0.15) is 0 Å². The van der Waals surface area contributed by atoms with Gasteiger partial charge in [0, 0.05) is 17.3 Å². The van der Waals surface area contributed by atoms with E-state index in [9.17, 15) is 26.4 Å². The first-order chi connectivity index (χ1) is 10.9. The number of nitrogens with one attached hydrogen (secondary N) is 1. The summed E-state index contributed by atoms with van der Waals surface area (Å²) in [5, 5.41) is -2.40. The Morgan fingerprint density at radius 3 is 2.42 bits per heavy atom. The van der Waals surface area contributed by atoms with E-state index in [1.54, 1.807) is 6.07 Å². The Hall–Kier alpha value is 0.580. The second-order valence-electron chi connectivity index (χ2n) is 4.65. The van der Waals surface area contributed by atoms with Gasteiger partial charge < -0.3 is 5.32 Å². The largest absolute Gasteiger partial charge is 0.400 e. The lowest BCUT2D eigenvalue weighted by molar-refractivity contribution is -0.00673. The van der Waals surface area contributed by atoms with Crippen LogP contribution in [0.4, 0.5) is 13.2 Å². The minimum Gasteiger partial charge on any atom is -0.352 e. The zero-order valence-electron chi connectivity index (χ0n) is 11.7. The molecule has 12 heteroatoms. The number of hydrogen-bond acceptors (Lipinski definition) is 3. The second kappa shape index (κ2) is 8.98. The molecule has 1 aromatic carbocycles. The molecule has 0 saturated heterocycles. The van der Waals surface area contributed by atoms with E-state index in [1.165, 1.54) is 0 Å². The monoisotopic (exact) mass is 703 g/mol. The second-order valence-corrected chi connectivity index (χ2v) is 9.63. The molecule has 1 aromatic rings. The molecule has 136 valence electrons. The zero-order valence-corrected chi connectivity index (χ0v) is 19.0.